The van der Waals surface area contributed by atoms with Gasteiger partial charge in [0.25, 0.3) is 5.91 Å². The highest BCUT2D eigenvalue weighted by molar-refractivity contribution is 5.96. The lowest BCUT2D eigenvalue weighted by Crippen LogP contribution is -2.49. The third kappa shape index (κ3) is 2.59. The molecule has 1 aliphatic rings. The summed E-state index contributed by atoms with van der Waals surface area (Å²) in [5.41, 5.74) is 2.10. The Labute approximate surface area is 154 Å². The second-order valence-electron chi connectivity index (χ2n) is 6.51. The fraction of sp³-hybridized carbons (Fsp3) is 0.278. The highest BCUT2D eigenvalue weighted by atomic mass is 16.3. The van der Waals surface area contributed by atoms with E-state index in [-0.39, 0.29) is 5.91 Å². The summed E-state index contributed by atoms with van der Waals surface area (Å²) in [5, 5.41) is 9.12. The molecule has 0 atom stereocenters. The molecule has 0 radical (unpaired) electrons. The Hall–Kier alpha value is -3.49. The number of aromatic nitrogens is 5. The summed E-state index contributed by atoms with van der Waals surface area (Å²) in [4.78, 5) is 25.3. The van der Waals surface area contributed by atoms with Gasteiger partial charge in [-0.05, 0) is 12.1 Å². The van der Waals surface area contributed by atoms with Crippen molar-refractivity contribution in [3.05, 3.63) is 42.4 Å². The lowest BCUT2D eigenvalue weighted by atomic mass is 10.2. The molecule has 1 fully saturated rings. The molecule has 4 heterocycles. The van der Waals surface area contributed by atoms with Crippen LogP contribution in [0.3, 0.4) is 0 Å². The van der Waals surface area contributed by atoms with Crippen LogP contribution in [-0.2, 0) is 7.05 Å². The van der Waals surface area contributed by atoms with Crippen LogP contribution in [0.5, 0.6) is 0 Å². The molecule has 136 valence electrons. The van der Waals surface area contributed by atoms with Crippen molar-refractivity contribution in [2.45, 2.75) is 0 Å². The number of hydrogen-bond acceptors (Lipinski definition) is 7. The quantitative estimate of drug-likeness (QED) is 0.532. The first kappa shape index (κ1) is 15.7. The fourth-order valence-corrected chi connectivity index (χ4v) is 3.44. The lowest BCUT2D eigenvalue weighted by Gasteiger charge is -2.34. The van der Waals surface area contributed by atoms with Crippen LogP contribution >= 0.6 is 0 Å². The monoisotopic (exact) mass is 363 g/mol. The predicted octanol–water partition coefficient (Wildman–Crippen LogP) is 1.47. The average Bonchev–Trinajstić information content (AvgIpc) is 3.31. The molecule has 0 unspecified atom stereocenters. The maximum Gasteiger partial charge on any atom is 0.289 e. The molecule has 0 aliphatic carbocycles. The highest BCUT2D eigenvalue weighted by Gasteiger charge is 2.26. The molecular weight excluding hydrogens is 346 g/mol. The van der Waals surface area contributed by atoms with Crippen LogP contribution in [0, 0.1) is 0 Å². The average molecular weight is 363 g/mol. The summed E-state index contributed by atoms with van der Waals surface area (Å²) in [7, 11) is 1.80. The van der Waals surface area contributed by atoms with Gasteiger partial charge in [-0.3, -0.25) is 4.79 Å². The number of hydrogen-bond donors (Lipinski definition) is 0. The number of aryl methyl sites for hydroxylation is 1. The van der Waals surface area contributed by atoms with E-state index in [2.05, 4.69) is 25.2 Å². The van der Waals surface area contributed by atoms with E-state index < -0.39 is 0 Å². The molecule has 27 heavy (non-hydrogen) atoms. The van der Waals surface area contributed by atoms with Crippen LogP contribution in [-0.4, -0.2) is 61.9 Å². The minimum absolute atomic E-state index is 0.0850. The Morgan fingerprint density at radius 1 is 1.11 bits per heavy atom. The third-order valence-corrected chi connectivity index (χ3v) is 4.87. The maximum atomic E-state index is 12.8. The van der Waals surface area contributed by atoms with E-state index in [1.165, 1.54) is 6.33 Å². The molecule has 4 aromatic rings. The number of nitrogens with zero attached hydrogens (tertiary/aromatic N) is 7. The van der Waals surface area contributed by atoms with Crippen LogP contribution in [0.2, 0.25) is 0 Å². The van der Waals surface area contributed by atoms with Gasteiger partial charge in [-0.15, -0.1) is 5.10 Å². The molecule has 1 saturated heterocycles. The molecule has 0 N–H and O–H groups in total. The van der Waals surface area contributed by atoms with Crippen LogP contribution in [0.1, 0.15) is 10.6 Å². The highest BCUT2D eigenvalue weighted by Crippen LogP contribution is 2.23. The number of piperazine rings is 1. The minimum atomic E-state index is -0.0850. The zero-order valence-corrected chi connectivity index (χ0v) is 14.7. The summed E-state index contributed by atoms with van der Waals surface area (Å²) in [6.45, 7) is 2.49. The van der Waals surface area contributed by atoms with Crippen LogP contribution < -0.4 is 4.90 Å². The number of amides is 1. The van der Waals surface area contributed by atoms with Gasteiger partial charge in [0, 0.05) is 38.6 Å². The zero-order chi connectivity index (χ0) is 18.4. The third-order valence-electron chi connectivity index (χ3n) is 4.87. The zero-order valence-electron chi connectivity index (χ0n) is 14.7. The van der Waals surface area contributed by atoms with Crippen LogP contribution in [0.15, 0.2) is 41.1 Å². The van der Waals surface area contributed by atoms with Crippen molar-refractivity contribution in [2.24, 2.45) is 7.05 Å². The van der Waals surface area contributed by atoms with Gasteiger partial charge in [0.15, 0.2) is 22.7 Å². The predicted molar refractivity (Wildman–Crippen MR) is 98.4 cm³/mol. The van der Waals surface area contributed by atoms with E-state index in [0.717, 1.165) is 16.8 Å². The minimum Gasteiger partial charge on any atom is -0.451 e. The first-order valence-corrected chi connectivity index (χ1v) is 8.74. The molecule has 9 heteroatoms. The molecule has 5 rings (SSSR count). The van der Waals surface area contributed by atoms with E-state index in [4.69, 9.17) is 4.42 Å². The van der Waals surface area contributed by atoms with Crippen molar-refractivity contribution in [2.75, 3.05) is 31.1 Å². The smallest absolute Gasteiger partial charge is 0.289 e. The van der Waals surface area contributed by atoms with Gasteiger partial charge in [0.1, 0.15) is 11.9 Å². The van der Waals surface area contributed by atoms with Gasteiger partial charge in [-0.25, -0.2) is 14.6 Å². The largest absolute Gasteiger partial charge is 0.451 e. The van der Waals surface area contributed by atoms with Gasteiger partial charge in [0.05, 0.1) is 0 Å². The Morgan fingerprint density at radius 2 is 1.93 bits per heavy atom. The van der Waals surface area contributed by atoms with Crippen molar-refractivity contribution in [3.8, 4) is 0 Å². The van der Waals surface area contributed by atoms with Crippen LogP contribution in [0.4, 0.5) is 5.82 Å². The van der Waals surface area contributed by atoms with Crippen molar-refractivity contribution in [3.63, 3.8) is 0 Å². The van der Waals surface area contributed by atoms with Gasteiger partial charge >= 0.3 is 0 Å². The van der Waals surface area contributed by atoms with Gasteiger partial charge in [-0.2, -0.15) is 0 Å². The van der Waals surface area contributed by atoms with Crippen molar-refractivity contribution >= 4 is 33.9 Å². The maximum absolute atomic E-state index is 12.8. The topological polar surface area (TPSA) is 93.2 Å². The Balaban J connectivity index is 1.34. The first-order chi connectivity index (χ1) is 13.2. The lowest BCUT2D eigenvalue weighted by molar-refractivity contribution is 0.0717. The van der Waals surface area contributed by atoms with E-state index in [1.54, 1.807) is 17.8 Å². The van der Waals surface area contributed by atoms with Crippen LogP contribution in [0.25, 0.3) is 22.1 Å². The van der Waals surface area contributed by atoms with Gasteiger partial charge in [-0.1, -0.05) is 23.4 Å². The summed E-state index contributed by atoms with van der Waals surface area (Å²) < 4.78 is 7.34. The van der Waals surface area contributed by atoms with Gasteiger partial charge < -0.3 is 14.2 Å². The van der Waals surface area contributed by atoms with Crippen molar-refractivity contribution in [1.82, 2.24) is 29.9 Å². The van der Waals surface area contributed by atoms with Gasteiger partial charge in [0.2, 0.25) is 0 Å². The number of carbonyl (C=O) groups is 1. The summed E-state index contributed by atoms with van der Waals surface area (Å²) in [6.07, 6.45) is 1.52. The Bertz CT molecular complexity index is 1110. The number of benzene rings is 1. The Morgan fingerprint density at radius 3 is 2.74 bits per heavy atom. The number of fused-ring (bicyclic) bond motifs is 2. The second-order valence-corrected chi connectivity index (χ2v) is 6.51. The summed E-state index contributed by atoms with van der Waals surface area (Å²) >= 11 is 0. The molecule has 0 saturated carbocycles. The number of carbonyl (C=O) groups excluding carboxylic acids is 1. The molecule has 0 spiro atoms. The number of anilines is 1. The van der Waals surface area contributed by atoms with E-state index in [0.29, 0.717) is 43.1 Å². The summed E-state index contributed by atoms with van der Waals surface area (Å²) in [6, 6.07) is 9.44. The van der Waals surface area contributed by atoms with Crippen molar-refractivity contribution < 1.29 is 9.21 Å². The SMILES string of the molecule is Cn1nnc2c(N3CCN(C(=O)c4cc5ccccc5o4)CC3)ncnc21. The molecule has 9 nitrogen and oxygen atoms in total. The van der Waals surface area contributed by atoms with E-state index >= 15 is 0 Å². The molecule has 0 bridgehead atoms. The fourth-order valence-electron chi connectivity index (χ4n) is 3.44. The second kappa shape index (κ2) is 6.04. The Kier molecular flexibility index (Phi) is 3.52. The molecule has 1 aliphatic heterocycles. The number of para-hydroxylation sites is 1. The van der Waals surface area contributed by atoms with E-state index in [9.17, 15) is 4.79 Å². The molecular formula is C18H17N7O2. The molecule has 3 aromatic heterocycles. The first-order valence-electron chi connectivity index (χ1n) is 8.74. The van der Waals surface area contributed by atoms with Crippen molar-refractivity contribution in [1.29, 1.82) is 0 Å². The number of rotatable bonds is 2. The number of furan rings is 1. The normalized spacial score (nSPS) is 15.0. The molecule has 1 amide bonds. The summed E-state index contributed by atoms with van der Waals surface area (Å²) in [5.74, 6) is 1.05. The molecule has 1 aromatic carbocycles. The standard InChI is InChI=1S/C18H17N7O2/c1-23-16-15(21-22-23)17(20-11-19-16)24-6-8-25(9-7-24)18(26)14-10-12-4-2-3-5-13(12)27-14/h2-5,10-11H,6-9H2,1H3. The van der Waals surface area contributed by atoms with E-state index in [1.807, 2.05) is 29.2 Å².